The van der Waals surface area contributed by atoms with E-state index >= 15 is 0 Å². The van der Waals surface area contributed by atoms with Crippen LogP contribution in [0.2, 0.25) is 0 Å². The Hall–Kier alpha value is -2.14. The number of carbonyl (C=O) groups excluding carboxylic acids is 1. The molecule has 0 aliphatic rings. The molecule has 0 aliphatic heterocycles. The molecule has 2 N–H and O–H groups in total. The average molecular weight is 273 g/mol. The molecule has 20 heavy (non-hydrogen) atoms. The van der Waals surface area contributed by atoms with Gasteiger partial charge in [0, 0.05) is 26.2 Å². The quantitative estimate of drug-likeness (QED) is 0.911. The first kappa shape index (κ1) is 14.3. The van der Waals surface area contributed by atoms with Crippen LogP contribution in [0, 0.1) is 0 Å². The minimum atomic E-state index is -0.561. The van der Waals surface area contributed by atoms with E-state index in [2.05, 4.69) is 0 Å². The van der Waals surface area contributed by atoms with Crippen LogP contribution in [-0.4, -0.2) is 29.5 Å². The highest BCUT2D eigenvalue weighted by Crippen LogP contribution is 2.18. The zero-order valence-electron chi connectivity index (χ0n) is 12.0. The van der Waals surface area contributed by atoms with Gasteiger partial charge in [0.1, 0.15) is 6.04 Å². The lowest BCUT2D eigenvalue weighted by atomic mass is 10.1. The Morgan fingerprint density at radius 3 is 2.60 bits per heavy atom. The third-order valence-corrected chi connectivity index (χ3v) is 3.42. The Labute approximate surface area is 117 Å². The van der Waals surface area contributed by atoms with Crippen molar-refractivity contribution < 1.29 is 4.79 Å². The number of fused-ring (bicyclic) bond motifs is 1. The fraction of sp³-hybridized carbons (Fsp3) is 0.333. The SMILES string of the molecule is CC(C(=O)N(C)C)n1c(=O)c(CN)cc2ccccc21. The summed E-state index contributed by atoms with van der Waals surface area (Å²) in [5, 5.41) is 0.908. The Bertz CT molecular complexity index is 704. The minimum absolute atomic E-state index is 0.119. The summed E-state index contributed by atoms with van der Waals surface area (Å²) in [6, 6.07) is 8.74. The molecule has 1 amide bonds. The van der Waals surface area contributed by atoms with Crippen molar-refractivity contribution in [2.24, 2.45) is 5.73 Å². The van der Waals surface area contributed by atoms with Crippen LogP contribution in [0.1, 0.15) is 18.5 Å². The van der Waals surface area contributed by atoms with Gasteiger partial charge in [0.2, 0.25) is 5.91 Å². The smallest absolute Gasteiger partial charge is 0.256 e. The number of rotatable bonds is 3. The lowest BCUT2D eigenvalue weighted by Gasteiger charge is -2.21. The highest BCUT2D eigenvalue weighted by atomic mass is 16.2. The first-order chi connectivity index (χ1) is 9.47. The summed E-state index contributed by atoms with van der Waals surface area (Å²) in [5.41, 5.74) is 6.70. The Morgan fingerprint density at radius 2 is 2.00 bits per heavy atom. The number of carbonyl (C=O) groups is 1. The third-order valence-electron chi connectivity index (χ3n) is 3.42. The molecule has 0 fully saturated rings. The standard InChI is InChI=1S/C15H19N3O2/c1-10(14(19)17(2)3)18-13-7-5-4-6-11(13)8-12(9-16)15(18)20/h4-8,10H,9,16H2,1-3H3. The highest BCUT2D eigenvalue weighted by molar-refractivity contribution is 5.84. The van der Waals surface area contributed by atoms with Crippen LogP contribution in [0.3, 0.4) is 0 Å². The van der Waals surface area contributed by atoms with Crippen molar-refractivity contribution in [2.75, 3.05) is 14.1 Å². The number of hydrogen-bond acceptors (Lipinski definition) is 3. The largest absolute Gasteiger partial charge is 0.347 e. The van der Waals surface area contributed by atoms with Crippen molar-refractivity contribution in [3.05, 3.63) is 46.2 Å². The van der Waals surface area contributed by atoms with Crippen LogP contribution in [0.4, 0.5) is 0 Å². The number of benzene rings is 1. The van der Waals surface area contributed by atoms with Crippen LogP contribution in [0.25, 0.3) is 10.9 Å². The molecule has 2 rings (SSSR count). The van der Waals surface area contributed by atoms with Crippen molar-refractivity contribution >= 4 is 16.8 Å². The molecular formula is C15H19N3O2. The van der Waals surface area contributed by atoms with Gasteiger partial charge in [0.05, 0.1) is 5.52 Å². The molecular weight excluding hydrogens is 254 g/mol. The third kappa shape index (κ3) is 2.32. The first-order valence-electron chi connectivity index (χ1n) is 6.51. The van der Waals surface area contributed by atoms with Gasteiger partial charge in [-0.15, -0.1) is 0 Å². The second-order valence-electron chi connectivity index (χ2n) is 5.02. The number of amides is 1. The summed E-state index contributed by atoms with van der Waals surface area (Å²) in [5.74, 6) is -0.119. The van der Waals surface area contributed by atoms with Crippen LogP contribution >= 0.6 is 0 Å². The molecule has 1 aromatic carbocycles. The van der Waals surface area contributed by atoms with Gasteiger partial charge in [-0.3, -0.25) is 14.2 Å². The Kier molecular flexibility index (Phi) is 3.90. The van der Waals surface area contributed by atoms with E-state index < -0.39 is 6.04 Å². The molecule has 106 valence electrons. The fourth-order valence-corrected chi connectivity index (χ4v) is 2.36. The van der Waals surface area contributed by atoms with Gasteiger partial charge in [0.25, 0.3) is 5.56 Å². The number of hydrogen-bond donors (Lipinski definition) is 1. The molecule has 0 saturated heterocycles. The van der Waals surface area contributed by atoms with Gasteiger partial charge in [0.15, 0.2) is 0 Å². The molecule has 0 saturated carbocycles. The lowest BCUT2D eigenvalue weighted by molar-refractivity contribution is -0.131. The fourth-order valence-electron chi connectivity index (χ4n) is 2.36. The van der Waals surface area contributed by atoms with E-state index in [4.69, 9.17) is 5.73 Å². The molecule has 1 unspecified atom stereocenters. The summed E-state index contributed by atoms with van der Waals surface area (Å²) in [6.07, 6.45) is 0. The number of pyridine rings is 1. The summed E-state index contributed by atoms with van der Waals surface area (Å²) < 4.78 is 1.53. The number of nitrogens with zero attached hydrogens (tertiary/aromatic N) is 2. The molecule has 1 aromatic heterocycles. The summed E-state index contributed by atoms with van der Waals surface area (Å²) in [7, 11) is 3.36. The van der Waals surface area contributed by atoms with Crippen molar-refractivity contribution in [2.45, 2.75) is 19.5 Å². The molecule has 1 heterocycles. The van der Waals surface area contributed by atoms with Crippen molar-refractivity contribution in [1.29, 1.82) is 0 Å². The van der Waals surface area contributed by atoms with Gasteiger partial charge in [-0.2, -0.15) is 0 Å². The number of para-hydroxylation sites is 1. The highest BCUT2D eigenvalue weighted by Gasteiger charge is 2.21. The first-order valence-corrected chi connectivity index (χ1v) is 6.51. The van der Waals surface area contributed by atoms with E-state index in [9.17, 15) is 9.59 Å². The molecule has 1 atom stereocenters. The topological polar surface area (TPSA) is 68.3 Å². The molecule has 0 radical (unpaired) electrons. The lowest BCUT2D eigenvalue weighted by Crippen LogP contribution is -2.36. The second-order valence-corrected chi connectivity index (χ2v) is 5.02. The summed E-state index contributed by atoms with van der Waals surface area (Å²) in [4.78, 5) is 26.2. The van der Waals surface area contributed by atoms with E-state index in [1.54, 1.807) is 27.1 Å². The van der Waals surface area contributed by atoms with Gasteiger partial charge in [-0.05, 0) is 24.4 Å². The normalized spacial score (nSPS) is 12.4. The molecule has 5 heteroatoms. The van der Waals surface area contributed by atoms with Crippen molar-refractivity contribution in [1.82, 2.24) is 9.47 Å². The monoisotopic (exact) mass is 273 g/mol. The van der Waals surface area contributed by atoms with Crippen LogP contribution < -0.4 is 11.3 Å². The van der Waals surface area contributed by atoms with E-state index in [0.717, 1.165) is 10.9 Å². The van der Waals surface area contributed by atoms with Crippen LogP contribution in [-0.2, 0) is 11.3 Å². The molecule has 0 aliphatic carbocycles. The average Bonchev–Trinajstić information content (AvgIpc) is 2.45. The van der Waals surface area contributed by atoms with Gasteiger partial charge in [-0.1, -0.05) is 18.2 Å². The van der Waals surface area contributed by atoms with E-state index in [0.29, 0.717) is 5.56 Å². The maximum Gasteiger partial charge on any atom is 0.256 e. The molecule has 0 bridgehead atoms. The van der Waals surface area contributed by atoms with Gasteiger partial charge >= 0.3 is 0 Å². The number of aromatic nitrogens is 1. The van der Waals surface area contributed by atoms with Crippen LogP contribution in [0.15, 0.2) is 35.1 Å². The zero-order chi connectivity index (χ0) is 14.9. The zero-order valence-corrected chi connectivity index (χ0v) is 12.0. The van der Waals surface area contributed by atoms with Gasteiger partial charge in [-0.25, -0.2) is 0 Å². The molecule has 0 spiro atoms. The second kappa shape index (κ2) is 5.46. The van der Waals surface area contributed by atoms with Gasteiger partial charge < -0.3 is 10.6 Å². The van der Waals surface area contributed by atoms with E-state index in [1.165, 1.54) is 9.47 Å². The number of nitrogens with two attached hydrogens (primary N) is 1. The molecule has 2 aromatic rings. The van der Waals surface area contributed by atoms with Crippen molar-refractivity contribution in [3.8, 4) is 0 Å². The van der Waals surface area contributed by atoms with Crippen molar-refractivity contribution in [3.63, 3.8) is 0 Å². The molecule has 5 nitrogen and oxygen atoms in total. The Balaban J connectivity index is 2.76. The minimum Gasteiger partial charge on any atom is -0.347 e. The number of likely N-dealkylation sites (N-methyl/N-ethyl adjacent to an activating group) is 1. The summed E-state index contributed by atoms with van der Waals surface area (Å²) in [6.45, 7) is 1.89. The predicted molar refractivity (Wildman–Crippen MR) is 79.5 cm³/mol. The maximum absolute atomic E-state index is 12.5. The predicted octanol–water partition coefficient (Wildman–Crippen LogP) is 1.11. The van der Waals surface area contributed by atoms with E-state index in [1.807, 2.05) is 24.3 Å². The maximum atomic E-state index is 12.5. The summed E-state index contributed by atoms with van der Waals surface area (Å²) >= 11 is 0. The van der Waals surface area contributed by atoms with E-state index in [-0.39, 0.29) is 18.0 Å². The Morgan fingerprint density at radius 1 is 1.35 bits per heavy atom. The van der Waals surface area contributed by atoms with Crippen LogP contribution in [0.5, 0.6) is 0 Å².